The van der Waals surface area contributed by atoms with Gasteiger partial charge in [-0.3, -0.25) is 14.9 Å². The van der Waals surface area contributed by atoms with Gasteiger partial charge in [0.1, 0.15) is 11.8 Å². The van der Waals surface area contributed by atoms with Crippen molar-refractivity contribution in [2.24, 2.45) is 0 Å². The highest BCUT2D eigenvalue weighted by atomic mass is 16.6. The molecule has 6 heteroatoms. The minimum Gasteiger partial charge on any atom is -0.370 e. The molecule has 0 aliphatic carbocycles. The molecule has 1 unspecified atom stereocenters. The summed E-state index contributed by atoms with van der Waals surface area (Å²) in [4.78, 5) is 24.4. The van der Waals surface area contributed by atoms with Crippen LogP contribution in [0.2, 0.25) is 0 Å². The number of anilines is 1. The molecule has 6 nitrogen and oxygen atoms in total. The lowest BCUT2D eigenvalue weighted by atomic mass is 10.1. The van der Waals surface area contributed by atoms with Gasteiger partial charge in [-0.25, -0.2) is 0 Å². The molecule has 1 fully saturated rings. The van der Waals surface area contributed by atoms with Crippen LogP contribution in [0.4, 0.5) is 11.4 Å². The Kier molecular flexibility index (Phi) is 4.57. The predicted octanol–water partition coefficient (Wildman–Crippen LogP) is 3.38. The van der Waals surface area contributed by atoms with Gasteiger partial charge in [-0.2, -0.15) is 0 Å². The zero-order valence-corrected chi connectivity index (χ0v) is 13.3. The van der Waals surface area contributed by atoms with E-state index in [1.807, 2.05) is 35.2 Å². The maximum atomic E-state index is 11.5. The summed E-state index contributed by atoms with van der Waals surface area (Å²) in [5.74, 6) is -0.186. The maximum absolute atomic E-state index is 11.5. The van der Waals surface area contributed by atoms with E-state index in [0.717, 1.165) is 5.56 Å². The smallest absolute Gasteiger partial charge is 0.293 e. The van der Waals surface area contributed by atoms with E-state index in [1.54, 1.807) is 12.1 Å². The van der Waals surface area contributed by atoms with E-state index in [4.69, 9.17) is 4.74 Å². The summed E-state index contributed by atoms with van der Waals surface area (Å²) < 4.78 is 5.81. The molecule has 0 amide bonds. The molecule has 0 saturated carbocycles. The zero-order chi connectivity index (χ0) is 17.1. The van der Waals surface area contributed by atoms with Gasteiger partial charge in [0.2, 0.25) is 0 Å². The Labute approximate surface area is 139 Å². The van der Waals surface area contributed by atoms with Crippen LogP contribution in [-0.2, 0) is 4.74 Å². The second-order valence-electron chi connectivity index (χ2n) is 5.73. The summed E-state index contributed by atoms with van der Waals surface area (Å²) >= 11 is 0. The van der Waals surface area contributed by atoms with E-state index in [-0.39, 0.29) is 17.6 Å². The average molecular weight is 326 g/mol. The molecule has 2 aromatic rings. The van der Waals surface area contributed by atoms with Crippen LogP contribution in [0.25, 0.3) is 0 Å². The van der Waals surface area contributed by atoms with Gasteiger partial charge in [-0.1, -0.05) is 30.3 Å². The van der Waals surface area contributed by atoms with E-state index in [9.17, 15) is 14.9 Å². The molecule has 0 radical (unpaired) electrons. The third kappa shape index (κ3) is 3.28. The van der Waals surface area contributed by atoms with E-state index < -0.39 is 4.92 Å². The first-order chi connectivity index (χ1) is 11.6. The quantitative estimate of drug-likeness (QED) is 0.489. The first-order valence-electron chi connectivity index (χ1n) is 7.77. The van der Waals surface area contributed by atoms with E-state index in [0.29, 0.717) is 30.9 Å². The molecular weight excluding hydrogens is 308 g/mol. The number of hydrogen-bond donors (Lipinski definition) is 0. The summed E-state index contributed by atoms with van der Waals surface area (Å²) in [6, 6.07) is 14.5. The maximum Gasteiger partial charge on any atom is 0.293 e. The number of hydrogen-bond acceptors (Lipinski definition) is 5. The molecule has 1 atom stereocenters. The van der Waals surface area contributed by atoms with Gasteiger partial charge in [0.25, 0.3) is 5.69 Å². The molecule has 2 aromatic carbocycles. The Morgan fingerprint density at radius 3 is 2.67 bits per heavy atom. The lowest BCUT2D eigenvalue weighted by Crippen LogP contribution is -2.38. The molecule has 24 heavy (non-hydrogen) atoms. The van der Waals surface area contributed by atoms with Crippen molar-refractivity contribution in [3.8, 4) is 0 Å². The van der Waals surface area contributed by atoms with Crippen LogP contribution in [0, 0.1) is 10.1 Å². The largest absolute Gasteiger partial charge is 0.370 e. The minimum absolute atomic E-state index is 0.0450. The number of nitro groups is 1. The van der Waals surface area contributed by atoms with E-state index in [2.05, 4.69) is 0 Å². The molecule has 1 saturated heterocycles. The highest BCUT2D eigenvalue weighted by Gasteiger charge is 2.27. The number of carbonyl (C=O) groups excluding carboxylic acids is 1. The summed E-state index contributed by atoms with van der Waals surface area (Å²) in [7, 11) is 0. The number of morpholine rings is 1. The molecule has 1 aliphatic heterocycles. The van der Waals surface area contributed by atoms with Gasteiger partial charge in [-0.05, 0) is 24.6 Å². The molecule has 3 rings (SSSR count). The number of nitrogens with zero attached hydrogens (tertiary/aromatic N) is 2. The monoisotopic (exact) mass is 326 g/mol. The fourth-order valence-electron chi connectivity index (χ4n) is 2.89. The zero-order valence-electron chi connectivity index (χ0n) is 13.3. The van der Waals surface area contributed by atoms with Crippen LogP contribution in [0.15, 0.2) is 48.5 Å². The minimum atomic E-state index is -0.436. The van der Waals surface area contributed by atoms with Crippen molar-refractivity contribution in [1.82, 2.24) is 0 Å². The van der Waals surface area contributed by atoms with Gasteiger partial charge in [0, 0.05) is 24.7 Å². The van der Waals surface area contributed by atoms with Crippen molar-refractivity contribution in [2.75, 3.05) is 24.6 Å². The second-order valence-corrected chi connectivity index (χ2v) is 5.73. The Morgan fingerprint density at radius 1 is 1.25 bits per heavy atom. The van der Waals surface area contributed by atoms with Crippen molar-refractivity contribution < 1.29 is 14.5 Å². The van der Waals surface area contributed by atoms with Crippen LogP contribution < -0.4 is 4.90 Å². The number of ketones is 1. The number of nitro benzene ring substituents is 1. The Hall–Kier alpha value is -2.73. The summed E-state index contributed by atoms with van der Waals surface area (Å²) in [6.45, 7) is 3.00. The molecule has 1 aliphatic rings. The first-order valence-corrected chi connectivity index (χ1v) is 7.77. The molecule has 1 heterocycles. The summed E-state index contributed by atoms with van der Waals surface area (Å²) in [5.41, 5.74) is 1.87. The molecule has 0 bridgehead atoms. The van der Waals surface area contributed by atoms with E-state index >= 15 is 0 Å². The van der Waals surface area contributed by atoms with Crippen molar-refractivity contribution in [3.05, 3.63) is 69.8 Å². The second kappa shape index (κ2) is 6.80. The molecular formula is C18H18N2O4. The van der Waals surface area contributed by atoms with Crippen molar-refractivity contribution in [3.63, 3.8) is 0 Å². The van der Waals surface area contributed by atoms with Crippen molar-refractivity contribution in [2.45, 2.75) is 13.0 Å². The van der Waals surface area contributed by atoms with Gasteiger partial charge in [0.15, 0.2) is 5.78 Å². The summed E-state index contributed by atoms with van der Waals surface area (Å²) in [6.07, 6.45) is -0.132. The lowest BCUT2D eigenvalue weighted by molar-refractivity contribution is -0.384. The van der Waals surface area contributed by atoms with Crippen LogP contribution in [-0.4, -0.2) is 30.4 Å². The number of ether oxygens (including phenoxy) is 1. The third-order valence-corrected chi connectivity index (χ3v) is 4.16. The SMILES string of the molecule is CC(=O)c1ccc(N2CCOC(c3ccccc3)C2)c([N+](=O)[O-])c1. The van der Waals surface area contributed by atoms with Crippen LogP contribution >= 0.6 is 0 Å². The predicted molar refractivity (Wildman–Crippen MR) is 90.4 cm³/mol. The first kappa shape index (κ1) is 16.1. The van der Waals surface area contributed by atoms with Crippen LogP contribution in [0.3, 0.4) is 0 Å². The van der Waals surface area contributed by atoms with Gasteiger partial charge >= 0.3 is 0 Å². The molecule has 124 valence electrons. The topological polar surface area (TPSA) is 72.7 Å². The number of rotatable bonds is 4. The van der Waals surface area contributed by atoms with Crippen LogP contribution in [0.5, 0.6) is 0 Å². The van der Waals surface area contributed by atoms with Gasteiger partial charge in [-0.15, -0.1) is 0 Å². The molecule has 0 spiro atoms. The molecule has 0 aromatic heterocycles. The fraction of sp³-hybridized carbons (Fsp3) is 0.278. The van der Waals surface area contributed by atoms with Crippen LogP contribution in [0.1, 0.15) is 28.9 Å². The van der Waals surface area contributed by atoms with E-state index in [1.165, 1.54) is 13.0 Å². The third-order valence-electron chi connectivity index (χ3n) is 4.16. The number of benzene rings is 2. The lowest BCUT2D eigenvalue weighted by Gasteiger charge is -2.34. The standard InChI is InChI=1S/C18H18N2O4/c1-13(21)15-7-8-16(17(11-15)20(22)23)19-9-10-24-18(12-19)14-5-3-2-4-6-14/h2-8,11,18H,9-10,12H2,1H3. The normalized spacial score (nSPS) is 17.5. The number of carbonyl (C=O) groups is 1. The Bertz CT molecular complexity index is 761. The van der Waals surface area contributed by atoms with Gasteiger partial charge in [0.05, 0.1) is 11.5 Å². The fourth-order valence-corrected chi connectivity index (χ4v) is 2.89. The molecule has 0 N–H and O–H groups in total. The van der Waals surface area contributed by atoms with Gasteiger partial charge < -0.3 is 9.64 Å². The van der Waals surface area contributed by atoms with Crippen molar-refractivity contribution >= 4 is 17.2 Å². The highest BCUT2D eigenvalue weighted by Crippen LogP contribution is 2.33. The average Bonchev–Trinajstić information content (AvgIpc) is 2.62. The highest BCUT2D eigenvalue weighted by molar-refractivity contribution is 5.95. The van der Waals surface area contributed by atoms with Crippen molar-refractivity contribution in [1.29, 1.82) is 0 Å². The Balaban J connectivity index is 1.90. The Morgan fingerprint density at radius 2 is 2.00 bits per heavy atom. The number of Topliss-reactive ketones (excluding diaryl/α,β-unsaturated/α-hetero) is 1. The summed E-state index contributed by atoms with van der Waals surface area (Å²) in [5, 5.41) is 11.4.